The summed E-state index contributed by atoms with van der Waals surface area (Å²) >= 11 is 0. The SMILES string of the molecule is CN(CCC(=O)N1CCN(c2ccc(C#N)cn2)CC1)[C@@H]1CCc2c1n[nH]c(=O)c2C(F)(F)F. The van der Waals surface area contributed by atoms with Crippen LogP contribution < -0.4 is 10.5 Å². The molecular weight excluding hydrogens is 451 g/mol. The van der Waals surface area contributed by atoms with Gasteiger partial charge in [-0.05, 0) is 37.6 Å². The van der Waals surface area contributed by atoms with Crippen LogP contribution in [0.15, 0.2) is 23.1 Å². The van der Waals surface area contributed by atoms with Crippen LogP contribution >= 0.6 is 0 Å². The fourth-order valence-corrected chi connectivity index (χ4v) is 4.59. The average Bonchev–Trinajstić information content (AvgIpc) is 3.25. The van der Waals surface area contributed by atoms with Gasteiger partial charge in [-0.1, -0.05) is 0 Å². The van der Waals surface area contributed by atoms with Crippen LogP contribution in [0.25, 0.3) is 0 Å². The quantitative estimate of drug-likeness (QED) is 0.701. The molecule has 1 fully saturated rings. The lowest BCUT2D eigenvalue weighted by Crippen LogP contribution is -2.49. The molecule has 180 valence electrons. The van der Waals surface area contributed by atoms with E-state index in [0.717, 1.165) is 5.82 Å². The number of nitrogens with zero attached hydrogens (tertiary/aromatic N) is 6. The van der Waals surface area contributed by atoms with Gasteiger partial charge >= 0.3 is 6.18 Å². The summed E-state index contributed by atoms with van der Waals surface area (Å²) in [6.07, 6.45) is -2.46. The molecule has 0 bridgehead atoms. The molecule has 34 heavy (non-hydrogen) atoms. The highest BCUT2D eigenvalue weighted by Gasteiger charge is 2.42. The van der Waals surface area contributed by atoms with E-state index < -0.39 is 17.3 Å². The van der Waals surface area contributed by atoms with Gasteiger partial charge < -0.3 is 9.80 Å². The number of hydrogen-bond acceptors (Lipinski definition) is 7. The number of rotatable bonds is 5. The summed E-state index contributed by atoms with van der Waals surface area (Å²) in [5.74, 6) is 0.734. The summed E-state index contributed by atoms with van der Waals surface area (Å²) in [6, 6.07) is 5.14. The Hall–Kier alpha value is -3.46. The Morgan fingerprint density at radius 3 is 2.65 bits per heavy atom. The molecule has 4 rings (SSSR count). The van der Waals surface area contributed by atoms with Crippen molar-refractivity contribution in [3.05, 3.63) is 51.1 Å². The monoisotopic (exact) mass is 475 g/mol. The molecule has 0 aromatic carbocycles. The van der Waals surface area contributed by atoms with Gasteiger partial charge in [0.25, 0.3) is 5.56 Å². The molecular formula is C22H24F3N7O2. The van der Waals surface area contributed by atoms with Crippen molar-refractivity contribution in [1.82, 2.24) is 25.0 Å². The van der Waals surface area contributed by atoms with E-state index in [1.165, 1.54) is 6.20 Å². The van der Waals surface area contributed by atoms with E-state index >= 15 is 0 Å². The predicted octanol–water partition coefficient (Wildman–Crippen LogP) is 1.71. The van der Waals surface area contributed by atoms with Gasteiger partial charge in [0.2, 0.25) is 5.91 Å². The van der Waals surface area contributed by atoms with Crippen molar-refractivity contribution in [3.8, 4) is 6.07 Å². The fraction of sp³-hybridized carbons (Fsp3) is 0.500. The Morgan fingerprint density at radius 1 is 1.29 bits per heavy atom. The molecule has 1 atom stereocenters. The summed E-state index contributed by atoms with van der Waals surface area (Å²) in [5.41, 5.74) is -1.72. The molecule has 1 saturated heterocycles. The van der Waals surface area contributed by atoms with Crippen molar-refractivity contribution in [1.29, 1.82) is 5.26 Å². The first-order valence-electron chi connectivity index (χ1n) is 11.0. The maximum absolute atomic E-state index is 13.3. The van der Waals surface area contributed by atoms with Gasteiger partial charge in [-0.3, -0.25) is 14.5 Å². The van der Waals surface area contributed by atoms with E-state index in [1.54, 1.807) is 24.1 Å². The predicted molar refractivity (Wildman–Crippen MR) is 116 cm³/mol. The molecule has 0 spiro atoms. The molecule has 1 N–H and O–H groups in total. The number of halogens is 3. The number of piperazine rings is 1. The van der Waals surface area contributed by atoms with Crippen LogP contribution in [0.5, 0.6) is 0 Å². The van der Waals surface area contributed by atoms with Crippen LogP contribution in [0.4, 0.5) is 19.0 Å². The van der Waals surface area contributed by atoms with Gasteiger partial charge in [0.1, 0.15) is 17.5 Å². The number of H-pyrrole nitrogens is 1. The van der Waals surface area contributed by atoms with Gasteiger partial charge in [-0.25, -0.2) is 10.1 Å². The zero-order chi connectivity index (χ0) is 24.5. The number of anilines is 1. The number of nitrogens with one attached hydrogen (secondary N) is 1. The number of fused-ring (bicyclic) bond motifs is 1. The van der Waals surface area contributed by atoms with E-state index in [0.29, 0.717) is 44.7 Å². The summed E-state index contributed by atoms with van der Waals surface area (Å²) < 4.78 is 40.0. The Bertz CT molecular complexity index is 1150. The maximum Gasteiger partial charge on any atom is 0.422 e. The maximum atomic E-state index is 13.3. The molecule has 12 heteroatoms. The van der Waals surface area contributed by atoms with E-state index in [9.17, 15) is 22.8 Å². The lowest BCUT2D eigenvalue weighted by molar-refractivity contribution is -0.139. The molecule has 0 unspecified atom stereocenters. The molecule has 2 aromatic heterocycles. The molecule has 0 saturated carbocycles. The summed E-state index contributed by atoms with van der Waals surface area (Å²) in [4.78, 5) is 34.4. The minimum Gasteiger partial charge on any atom is -0.353 e. The number of carbonyl (C=O) groups is 1. The lowest BCUT2D eigenvalue weighted by Gasteiger charge is -2.36. The van der Waals surface area contributed by atoms with Gasteiger partial charge in [0, 0.05) is 45.3 Å². The highest BCUT2D eigenvalue weighted by atomic mass is 19.4. The van der Waals surface area contributed by atoms with E-state index in [1.807, 2.05) is 16.1 Å². The number of pyridine rings is 1. The number of aromatic nitrogens is 3. The third-order valence-electron chi connectivity index (χ3n) is 6.43. The number of amides is 1. The molecule has 1 aliphatic heterocycles. The second-order valence-corrected chi connectivity index (χ2v) is 8.46. The van der Waals surface area contributed by atoms with Crippen LogP contribution in [0.1, 0.15) is 41.3 Å². The third-order valence-corrected chi connectivity index (χ3v) is 6.43. The molecule has 1 aliphatic carbocycles. The standard InChI is InChI=1S/C22H24F3N7O2/c1-30(16-4-3-15-19(22(23,24)25)21(34)29-28-20(15)16)7-6-18(33)32-10-8-31(9-11-32)17-5-2-14(12-26)13-27-17/h2,5,13,16H,3-4,6-11H2,1H3,(H,29,34)/t16-/m1/s1. The Kier molecular flexibility index (Phi) is 6.56. The number of carbonyl (C=O) groups excluding carboxylic acids is 1. The average molecular weight is 475 g/mol. The largest absolute Gasteiger partial charge is 0.422 e. The molecule has 2 aromatic rings. The zero-order valence-electron chi connectivity index (χ0n) is 18.6. The van der Waals surface area contributed by atoms with E-state index in [-0.39, 0.29) is 36.0 Å². The second kappa shape index (κ2) is 9.42. The van der Waals surface area contributed by atoms with Crippen molar-refractivity contribution < 1.29 is 18.0 Å². The van der Waals surface area contributed by atoms with Gasteiger partial charge in [0.05, 0.1) is 17.3 Å². The normalized spacial score (nSPS) is 18.2. The minimum atomic E-state index is -4.74. The van der Waals surface area contributed by atoms with Crippen LogP contribution in [0.2, 0.25) is 0 Å². The van der Waals surface area contributed by atoms with Crippen LogP contribution in [-0.4, -0.2) is 70.7 Å². The Labute approximate surface area is 193 Å². The highest BCUT2D eigenvalue weighted by molar-refractivity contribution is 5.76. The number of nitriles is 1. The van der Waals surface area contributed by atoms with E-state index in [4.69, 9.17) is 5.26 Å². The molecule has 3 heterocycles. The molecule has 1 amide bonds. The summed E-state index contributed by atoms with van der Waals surface area (Å²) in [7, 11) is 1.75. The molecule has 2 aliphatic rings. The van der Waals surface area contributed by atoms with Gasteiger partial charge in [-0.2, -0.15) is 23.5 Å². The number of aromatic amines is 1. The fourth-order valence-electron chi connectivity index (χ4n) is 4.59. The molecule has 0 radical (unpaired) electrons. The lowest BCUT2D eigenvalue weighted by atomic mass is 10.1. The topological polar surface area (TPSA) is 109 Å². The first-order valence-corrected chi connectivity index (χ1v) is 11.0. The number of alkyl halides is 3. The first-order chi connectivity index (χ1) is 16.2. The molecule has 9 nitrogen and oxygen atoms in total. The van der Waals surface area contributed by atoms with Crippen molar-refractivity contribution in [2.75, 3.05) is 44.7 Å². The van der Waals surface area contributed by atoms with Crippen molar-refractivity contribution in [2.24, 2.45) is 0 Å². The zero-order valence-corrected chi connectivity index (χ0v) is 18.6. The smallest absolute Gasteiger partial charge is 0.353 e. The van der Waals surface area contributed by atoms with Crippen molar-refractivity contribution in [3.63, 3.8) is 0 Å². The van der Waals surface area contributed by atoms with Gasteiger partial charge in [0.15, 0.2) is 0 Å². The summed E-state index contributed by atoms with van der Waals surface area (Å²) in [5, 5.41) is 14.8. The first kappa shape index (κ1) is 23.7. The number of hydrogen-bond donors (Lipinski definition) is 1. The van der Waals surface area contributed by atoms with Crippen LogP contribution in [-0.2, 0) is 17.4 Å². The van der Waals surface area contributed by atoms with E-state index in [2.05, 4.69) is 15.0 Å². The van der Waals surface area contributed by atoms with Crippen molar-refractivity contribution in [2.45, 2.75) is 31.5 Å². The Morgan fingerprint density at radius 2 is 2.03 bits per heavy atom. The highest BCUT2D eigenvalue weighted by Crippen LogP contribution is 2.39. The van der Waals surface area contributed by atoms with Crippen LogP contribution in [0, 0.1) is 11.3 Å². The third kappa shape index (κ3) is 4.75. The Balaban J connectivity index is 1.32. The van der Waals surface area contributed by atoms with Crippen molar-refractivity contribution >= 4 is 11.7 Å². The second-order valence-electron chi connectivity index (χ2n) is 8.46. The minimum absolute atomic E-state index is 0.0251. The summed E-state index contributed by atoms with van der Waals surface area (Å²) in [6.45, 7) is 2.67. The van der Waals surface area contributed by atoms with Crippen LogP contribution in [0.3, 0.4) is 0 Å². The van der Waals surface area contributed by atoms with Gasteiger partial charge in [-0.15, -0.1) is 0 Å².